The smallest absolute Gasteiger partial charge is 0.165 e. The quantitative estimate of drug-likeness (QED) is 0.298. The van der Waals surface area contributed by atoms with Crippen molar-refractivity contribution < 1.29 is 17.9 Å². The maximum absolute atomic E-state index is 16.2. The third-order valence-corrected chi connectivity index (χ3v) is 5.98. The van der Waals surface area contributed by atoms with Crippen LogP contribution in [0.1, 0.15) is 75.8 Å². The van der Waals surface area contributed by atoms with E-state index in [-0.39, 0.29) is 17.6 Å². The molecular formula is C28H33F3O. The van der Waals surface area contributed by atoms with Crippen molar-refractivity contribution in [3.8, 4) is 5.75 Å². The molecule has 0 N–H and O–H groups in total. The third kappa shape index (κ3) is 6.51. The summed E-state index contributed by atoms with van der Waals surface area (Å²) < 4.78 is 49.9. The Bertz CT molecular complexity index is 934. The van der Waals surface area contributed by atoms with E-state index in [9.17, 15) is 8.78 Å². The monoisotopic (exact) mass is 442 g/mol. The van der Waals surface area contributed by atoms with Crippen LogP contribution in [0, 0.1) is 5.82 Å². The molecule has 0 radical (unpaired) electrons. The first-order chi connectivity index (χ1) is 15.5. The van der Waals surface area contributed by atoms with Crippen LogP contribution >= 0.6 is 0 Å². The molecule has 2 aromatic rings. The van der Waals surface area contributed by atoms with E-state index in [0.717, 1.165) is 12.8 Å². The second-order valence-electron chi connectivity index (χ2n) is 8.51. The van der Waals surface area contributed by atoms with Crippen LogP contribution in [0.4, 0.5) is 13.2 Å². The van der Waals surface area contributed by atoms with Crippen molar-refractivity contribution in [1.29, 1.82) is 0 Å². The van der Waals surface area contributed by atoms with Crippen LogP contribution in [0.25, 0.3) is 5.57 Å². The van der Waals surface area contributed by atoms with Crippen molar-refractivity contribution in [3.63, 3.8) is 0 Å². The molecule has 1 nitrogen and oxygen atoms in total. The van der Waals surface area contributed by atoms with Crippen LogP contribution in [-0.4, -0.2) is 6.61 Å². The zero-order valence-electron chi connectivity index (χ0n) is 18.9. The summed E-state index contributed by atoms with van der Waals surface area (Å²) in [7, 11) is 0. The largest absolute Gasteiger partial charge is 0.494 e. The van der Waals surface area contributed by atoms with E-state index in [2.05, 4.69) is 6.92 Å². The molecule has 0 amide bonds. The van der Waals surface area contributed by atoms with Gasteiger partial charge in [0.15, 0.2) is 5.67 Å². The van der Waals surface area contributed by atoms with Gasteiger partial charge in [0.1, 0.15) is 17.4 Å². The molecule has 1 aliphatic rings. The molecule has 1 unspecified atom stereocenters. The minimum absolute atomic E-state index is 0.178. The van der Waals surface area contributed by atoms with Gasteiger partial charge in [0, 0.05) is 12.0 Å². The summed E-state index contributed by atoms with van der Waals surface area (Å²) in [6.07, 6.45) is 12.0. The van der Waals surface area contributed by atoms with Crippen LogP contribution in [-0.2, 0) is 5.67 Å². The molecule has 1 aliphatic carbocycles. The Morgan fingerprint density at radius 3 is 2.34 bits per heavy atom. The second kappa shape index (κ2) is 11.9. The number of halogens is 3. The molecule has 0 saturated carbocycles. The number of rotatable bonds is 12. The van der Waals surface area contributed by atoms with Gasteiger partial charge in [0.05, 0.1) is 6.61 Å². The van der Waals surface area contributed by atoms with Crippen LogP contribution in [0.3, 0.4) is 0 Å². The number of benzene rings is 2. The maximum Gasteiger partial charge on any atom is 0.165 e. The van der Waals surface area contributed by atoms with Crippen molar-refractivity contribution >= 4 is 5.57 Å². The van der Waals surface area contributed by atoms with Gasteiger partial charge < -0.3 is 4.74 Å². The first kappa shape index (κ1) is 24.2. The number of alkyl halides is 1. The Balaban J connectivity index is 1.63. The van der Waals surface area contributed by atoms with Gasteiger partial charge in [0.25, 0.3) is 0 Å². The van der Waals surface area contributed by atoms with Gasteiger partial charge in [-0.25, -0.2) is 13.2 Å². The van der Waals surface area contributed by atoms with E-state index in [1.54, 1.807) is 18.2 Å². The Morgan fingerprint density at radius 2 is 1.59 bits per heavy atom. The standard InChI is InChI=1S/C28H33F3O/c1-2-3-4-5-6-7-8-9-18-32-26-15-10-12-22(19-26)27-21-25(30)16-17-28(27,31)23-13-11-14-24(29)20-23/h10-16,19-21H,2-9,17-18H2,1H3. The zero-order valence-corrected chi connectivity index (χ0v) is 18.9. The summed E-state index contributed by atoms with van der Waals surface area (Å²) in [5, 5.41) is 0. The fourth-order valence-electron chi connectivity index (χ4n) is 4.16. The van der Waals surface area contributed by atoms with E-state index in [0.29, 0.717) is 17.9 Å². The molecule has 0 heterocycles. The van der Waals surface area contributed by atoms with Crippen molar-refractivity contribution in [2.24, 2.45) is 0 Å². The summed E-state index contributed by atoms with van der Waals surface area (Å²) in [5.74, 6) is -0.380. The molecule has 0 spiro atoms. The number of hydrogen-bond donors (Lipinski definition) is 0. The molecule has 32 heavy (non-hydrogen) atoms. The normalized spacial score (nSPS) is 18.2. The topological polar surface area (TPSA) is 9.23 Å². The lowest BCUT2D eigenvalue weighted by Crippen LogP contribution is -2.24. The molecule has 1 atom stereocenters. The summed E-state index contributed by atoms with van der Waals surface area (Å²) in [4.78, 5) is 0. The molecule has 2 aromatic carbocycles. The Kier molecular flexibility index (Phi) is 9.01. The van der Waals surface area contributed by atoms with Gasteiger partial charge in [0.2, 0.25) is 0 Å². The summed E-state index contributed by atoms with van der Waals surface area (Å²) in [6.45, 7) is 2.82. The molecule has 0 bridgehead atoms. The molecule has 0 aromatic heterocycles. The predicted octanol–water partition coefficient (Wildman–Crippen LogP) is 8.85. The second-order valence-corrected chi connectivity index (χ2v) is 8.51. The average Bonchev–Trinajstić information content (AvgIpc) is 2.80. The van der Waals surface area contributed by atoms with Crippen molar-refractivity contribution in [3.05, 3.63) is 83.5 Å². The van der Waals surface area contributed by atoms with Crippen LogP contribution in [0.2, 0.25) is 0 Å². The summed E-state index contributed by atoms with van der Waals surface area (Å²) in [6, 6.07) is 12.5. The Hall–Kier alpha value is -2.49. The highest BCUT2D eigenvalue weighted by Crippen LogP contribution is 2.47. The molecule has 172 valence electrons. The van der Waals surface area contributed by atoms with Gasteiger partial charge >= 0.3 is 0 Å². The molecular weight excluding hydrogens is 409 g/mol. The predicted molar refractivity (Wildman–Crippen MR) is 126 cm³/mol. The number of unbranched alkanes of at least 4 members (excludes halogenated alkanes) is 7. The fourth-order valence-corrected chi connectivity index (χ4v) is 4.16. The Labute approximate surface area is 190 Å². The van der Waals surface area contributed by atoms with E-state index in [4.69, 9.17) is 4.74 Å². The van der Waals surface area contributed by atoms with E-state index in [1.165, 1.54) is 74.9 Å². The highest BCUT2D eigenvalue weighted by molar-refractivity contribution is 5.77. The minimum atomic E-state index is -2.01. The number of hydrogen-bond acceptors (Lipinski definition) is 1. The third-order valence-electron chi connectivity index (χ3n) is 5.98. The number of ether oxygens (including phenoxy) is 1. The van der Waals surface area contributed by atoms with Gasteiger partial charge in [-0.2, -0.15) is 0 Å². The van der Waals surface area contributed by atoms with Gasteiger partial charge in [-0.15, -0.1) is 0 Å². The highest BCUT2D eigenvalue weighted by atomic mass is 19.1. The summed E-state index contributed by atoms with van der Waals surface area (Å²) in [5.41, 5.74) is -1.11. The lowest BCUT2D eigenvalue weighted by atomic mass is 9.78. The van der Waals surface area contributed by atoms with E-state index < -0.39 is 17.3 Å². The zero-order chi connectivity index (χ0) is 22.8. The van der Waals surface area contributed by atoms with E-state index in [1.807, 2.05) is 6.07 Å². The molecule has 0 aliphatic heterocycles. The van der Waals surface area contributed by atoms with Crippen LogP contribution in [0.5, 0.6) is 5.75 Å². The van der Waals surface area contributed by atoms with Crippen molar-refractivity contribution in [1.82, 2.24) is 0 Å². The summed E-state index contributed by atoms with van der Waals surface area (Å²) >= 11 is 0. The average molecular weight is 443 g/mol. The molecule has 3 rings (SSSR count). The Morgan fingerprint density at radius 1 is 0.875 bits per heavy atom. The lowest BCUT2D eigenvalue weighted by molar-refractivity contribution is 0.246. The maximum atomic E-state index is 16.2. The SMILES string of the molecule is CCCCCCCCCCOc1cccc(C2=CC(F)=CCC2(F)c2cccc(F)c2)c1. The van der Waals surface area contributed by atoms with E-state index >= 15 is 4.39 Å². The highest BCUT2D eigenvalue weighted by Gasteiger charge is 2.39. The minimum Gasteiger partial charge on any atom is -0.494 e. The first-order valence-electron chi connectivity index (χ1n) is 11.8. The molecule has 4 heteroatoms. The number of allylic oxidation sites excluding steroid dienone is 4. The first-order valence-corrected chi connectivity index (χ1v) is 11.8. The lowest BCUT2D eigenvalue weighted by Gasteiger charge is -2.30. The molecule has 0 saturated heterocycles. The van der Waals surface area contributed by atoms with Crippen LogP contribution < -0.4 is 4.74 Å². The van der Waals surface area contributed by atoms with Crippen molar-refractivity contribution in [2.75, 3.05) is 6.61 Å². The van der Waals surface area contributed by atoms with Crippen LogP contribution in [0.15, 0.2) is 66.5 Å². The fraction of sp³-hybridized carbons (Fsp3) is 0.429. The van der Waals surface area contributed by atoms with Gasteiger partial charge in [-0.3, -0.25) is 0 Å². The van der Waals surface area contributed by atoms with Gasteiger partial charge in [-0.05, 0) is 54.0 Å². The molecule has 0 fully saturated rings. The van der Waals surface area contributed by atoms with Gasteiger partial charge in [-0.1, -0.05) is 76.1 Å². The van der Waals surface area contributed by atoms with Crippen molar-refractivity contribution in [2.45, 2.75) is 70.4 Å².